The van der Waals surface area contributed by atoms with Gasteiger partial charge in [0.2, 0.25) is 0 Å². The molecule has 0 saturated carbocycles. The van der Waals surface area contributed by atoms with Crippen LogP contribution in [0, 0.1) is 6.92 Å². The average Bonchev–Trinajstić information content (AvgIpc) is 2.38. The van der Waals surface area contributed by atoms with Crippen LogP contribution >= 0.6 is 0 Å². The van der Waals surface area contributed by atoms with Gasteiger partial charge < -0.3 is 15.1 Å². The fraction of sp³-hybridized carbons (Fsp3) is 0.625. The zero-order chi connectivity index (χ0) is 14.1. The summed E-state index contributed by atoms with van der Waals surface area (Å²) < 4.78 is 0. The van der Waals surface area contributed by atoms with E-state index in [1.165, 1.54) is 30.8 Å². The lowest BCUT2D eigenvalue weighted by Gasteiger charge is -2.22. The summed E-state index contributed by atoms with van der Waals surface area (Å²) in [6.07, 6.45) is 1.24. The van der Waals surface area contributed by atoms with Gasteiger partial charge in [0, 0.05) is 18.8 Å². The third kappa shape index (κ3) is 6.60. The van der Waals surface area contributed by atoms with E-state index in [1.807, 2.05) is 0 Å². The molecule has 1 aromatic carbocycles. The number of hydrogen-bond donors (Lipinski definition) is 1. The van der Waals surface area contributed by atoms with E-state index in [2.05, 4.69) is 67.3 Å². The van der Waals surface area contributed by atoms with Crippen molar-refractivity contribution in [2.24, 2.45) is 0 Å². The summed E-state index contributed by atoms with van der Waals surface area (Å²) in [7, 11) is 4.27. The highest BCUT2D eigenvalue weighted by Crippen LogP contribution is 2.12. The Hall–Kier alpha value is -1.06. The molecule has 1 rings (SSSR count). The van der Waals surface area contributed by atoms with Crippen LogP contribution in [-0.4, -0.2) is 56.6 Å². The van der Waals surface area contributed by atoms with Gasteiger partial charge in [-0.1, -0.05) is 25.1 Å². The van der Waals surface area contributed by atoms with Crippen molar-refractivity contribution < 1.29 is 0 Å². The van der Waals surface area contributed by atoms with Gasteiger partial charge in [0.1, 0.15) is 0 Å². The van der Waals surface area contributed by atoms with Gasteiger partial charge in [-0.05, 0) is 58.7 Å². The van der Waals surface area contributed by atoms with Gasteiger partial charge >= 0.3 is 0 Å². The van der Waals surface area contributed by atoms with Crippen molar-refractivity contribution in [1.29, 1.82) is 0 Å². The topological polar surface area (TPSA) is 18.5 Å². The zero-order valence-corrected chi connectivity index (χ0v) is 12.9. The molecule has 3 heteroatoms. The number of nitrogens with zero attached hydrogens (tertiary/aromatic N) is 2. The van der Waals surface area contributed by atoms with Gasteiger partial charge in [-0.2, -0.15) is 0 Å². The highest BCUT2D eigenvalue weighted by atomic mass is 15.1. The van der Waals surface area contributed by atoms with Crippen molar-refractivity contribution in [3.63, 3.8) is 0 Å². The third-order valence-corrected chi connectivity index (χ3v) is 3.42. The predicted molar refractivity (Wildman–Crippen MR) is 85.0 cm³/mol. The monoisotopic (exact) mass is 263 g/mol. The summed E-state index contributed by atoms with van der Waals surface area (Å²) in [6.45, 7) is 9.99. The first-order valence-corrected chi connectivity index (χ1v) is 7.30. The molecule has 0 unspecified atom stereocenters. The number of anilines is 1. The first-order valence-electron chi connectivity index (χ1n) is 7.30. The van der Waals surface area contributed by atoms with Gasteiger partial charge in [0.05, 0.1) is 0 Å². The van der Waals surface area contributed by atoms with E-state index >= 15 is 0 Å². The van der Waals surface area contributed by atoms with Crippen LogP contribution in [0.1, 0.15) is 18.9 Å². The van der Waals surface area contributed by atoms with Crippen LogP contribution in [0.5, 0.6) is 0 Å². The number of likely N-dealkylation sites (N-methyl/N-ethyl adjacent to an activating group) is 1. The van der Waals surface area contributed by atoms with Crippen LogP contribution in [0.25, 0.3) is 0 Å². The largest absolute Gasteiger partial charge is 0.384 e. The molecule has 0 fully saturated rings. The molecule has 0 saturated heterocycles. The van der Waals surface area contributed by atoms with E-state index in [0.29, 0.717) is 0 Å². The Morgan fingerprint density at radius 1 is 1.05 bits per heavy atom. The van der Waals surface area contributed by atoms with Crippen LogP contribution in [0.3, 0.4) is 0 Å². The standard InChI is InChI=1S/C16H29N3/c1-5-19(13-8-12-18(3)4)14-11-17-16-10-7-6-9-15(16)2/h6-7,9-10,17H,5,8,11-14H2,1-4H3. The van der Waals surface area contributed by atoms with Gasteiger partial charge in [0.15, 0.2) is 0 Å². The van der Waals surface area contributed by atoms with Crippen LogP contribution in [0.15, 0.2) is 24.3 Å². The Kier molecular flexibility index (Phi) is 7.53. The molecule has 3 nitrogen and oxygen atoms in total. The molecule has 0 spiro atoms. The molecule has 0 heterocycles. The highest BCUT2D eigenvalue weighted by Gasteiger charge is 2.02. The SMILES string of the molecule is CCN(CCCN(C)C)CCNc1ccccc1C. The Labute approximate surface area is 118 Å². The Morgan fingerprint density at radius 2 is 1.79 bits per heavy atom. The van der Waals surface area contributed by atoms with Gasteiger partial charge in [-0.15, -0.1) is 0 Å². The number of hydrogen-bond acceptors (Lipinski definition) is 3. The van der Waals surface area contributed by atoms with Crippen molar-refractivity contribution in [2.45, 2.75) is 20.3 Å². The smallest absolute Gasteiger partial charge is 0.0370 e. The lowest BCUT2D eigenvalue weighted by atomic mass is 10.2. The molecule has 19 heavy (non-hydrogen) atoms. The molecule has 1 aromatic rings. The second kappa shape index (κ2) is 8.94. The van der Waals surface area contributed by atoms with Crippen molar-refractivity contribution in [1.82, 2.24) is 9.80 Å². The predicted octanol–water partition coefficient (Wildman–Crippen LogP) is 2.68. The second-order valence-corrected chi connectivity index (χ2v) is 5.33. The first-order chi connectivity index (χ1) is 9.13. The van der Waals surface area contributed by atoms with E-state index < -0.39 is 0 Å². The van der Waals surface area contributed by atoms with Crippen LogP contribution in [-0.2, 0) is 0 Å². The average molecular weight is 263 g/mol. The molecular weight excluding hydrogens is 234 g/mol. The fourth-order valence-corrected chi connectivity index (χ4v) is 2.16. The van der Waals surface area contributed by atoms with Gasteiger partial charge in [-0.25, -0.2) is 0 Å². The van der Waals surface area contributed by atoms with E-state index in [0.717, 1.165) is 19.6 Å². The summed E-state index contributed by atoms with van der Waals surface area (Å²) in [5.41, 5.74) is 2.57. The quantitative estimate of drug-likeness (QED) is 0.739. The lowest BCUT2D eigenvalue weighted by Crippen LogP contribution is -2.31. The maximum Gasteiger partial charge on any atom is 0.0370 e. The Balaban J connectivity index is 2.24. The molecule has 0 radical (unpaired) electrons. The van der Waals surface area contributed by atoms with Crippen LogP contribution < -0.4 is 5.32 Å². The Bertz CT molecular complexity index is 350. The maximum atomic E-state index is 3.52. The van der Waals surface area contributed by atoms with Crippen LogP contribution in [0.2, 0.25) is 0 Å². The lowest BCUT2D eigenvalue weighted by molar-refractivity contribution is 0.275. The summed E-state index contributed by atoms with van der Waals surface area (Å²) in [5.74, 6) is 0. The molecule has 0 aromatic heterocycles. The summed E-state index contributed by atoms with van der Waals surface area (Å²) in [6, 6.07) is 8.47. The van der Waals surface area contributed by atoms with Crippen molar-refractivity contribution >= 4 is 5.69 Å². The summed E-state index contributed by atoms with van der Waals surface area (Å²) in [5, 5.41) is 3.52. The van der Waals surface area contributed by atoms with Gasteiger partial charge in [0.25, 0.3) is 0 Å². The first kappa shape index (κ1) is 16.0. The van der Waals surface area contributed by atoms with E-state index in [-0.39, 0.29) is 0 Å². The molecule has 0 aliphatic rings. The number of para-hydroxylation sites is 1. The van der Waals surface area contributed by atoms with Crippen molar-refractivity contribution in [2.75, 3.05) is 52.1 Å². The normalized spacial score (nSPS) is 11.3. The minimum atomic E-state index is 1.01. The highest BCUT2D eigenvalue weighted by molar-refractivity contribution is 5.50. The van der Waals surface area contributed by atoms with Crippen molar-refractivity contribution in [3.8, 4) is 0 Å². The molecule has 0 aliphatic carbocycles. The minimum absolute atomic E-state index is 1.01. The molecule has 0 atom stereocenters. The zero-order valence-electron chi connectivity index (χ0n) is 12.9. The molecule has 0 bridgehead atoms. The van der Waals surface area contributed by atoms with Crippen LogP contribution in [0.4, 0.5) is 5.69 Å². The fourth-order valence-electron chi connectivity index (χ4n) is 2.16. The molecule has 1 N–H and O–H groups in total. The summed E-state index contributed by atoms with van der Waals surface area (Å²) in [4.78, 5) is 4.76. The number of aryl methyl sites for hydroxylation is 1. The number of benzene rings is 1. The molecule has 0 aliphatic heterocycles. The van der Waals surface area contributed by atoms with Crippen molar-refractivity contribution in [3.05, 3.63) is 29.8 Å². The van der Waals surface area contributed by atoms with Gasteiger partial charge in [-0.3, -0.25) is 0 Å². The second-order valence-electron chi connectivity index (χ2n) is 5.33. The minimum Gasteiger partial charge on any atom is -0.384 e. The molecule has 0 amide bonds. The van der Waals surface area contributed by atoms with E-state index in [9.17, 15) is 0 Å². The van der Waals surface area contributed by atoms with E-state index in [1.54, 1.807) is 0 Å². The summed E-state index contributed by atoms with van der Waals surface area (Å²) >= 11 is 0. The molecular formula is C16H29N3. The van der Waals surface area contributed by atoms with E-state index in [4.69, 9.17) is 0 Å². The Morgan fingerprint density at radius 3 is 2.42 bits per heavy atom. The number of rotatable bonds is 9. The molecule has 108 valence electrons. The maximum absolute atomic E-state index is 3.52. The third-order valence-electron chi connectivity index (χ3n) is 3.42. The number of nitrogens with one attached hydrogen (secondary N) is 1.